The second-order valence-electron chi connectivity index (χ2n) is 7.26. The molecule has 0 unspecified atom stereocenters. The Labute approximate surface area is 183 Å². The van der Waals surface area contributed by atoms with Gasteiger partial charge in [0.25, 0.3) is 0 Å². The predicted octanol–water partition coefficient (Wildman–Crippen LogP) is 4.00. The van der Waals surface area contributed by atoms with E-state index in [9.17, 15) is 0 Å². The lowest BCUT2D eigenvalue weighted by atomic mass is 10.0. The Kier molecular flexibility index (Phi) is 4.68. The van der Waals surface area contributed by atoms with Gasteiger partial charge in [0.05, 0.1) is 36.1 Å². The van der Waals surface area contributed by atoms with Crippen LogP contribution in [0.15, 0.2) is 42.9 Å². The van der Waals surface area contributed by atoms with Crippen LogP contribution in [-0.2, 0) is 0 Å². The molecule has 4 aromatic rings. The third-order valence-electron chi connectivity index (χ3n) is 5.50. The summed E-state index contributed by atoms with van der Waals surface area (Å²) in [4.78, 5) is 13.0. The van der Waals surface area contributed by atoms with Gasteiger partial charge in [0.2, 0.25) is 5.88 Å². The first-order valence-electron chi connectivity index (χ1n) is 9.62. The van der Waals surface area contributed by atoms with Gasteiger partial charge in [-0.05, 0) is 42.0 Å². The zero-order valence-electron chi connectivity index (χ0n) is 16.8. The molecule has 0 N–H and O–H groups in total. The number of nitriles is 1. The standard InChI is InChI=1S/C22H17ClN6O2/c1-30-21-17(11-26-22(27-21)31-2)19-9-16(20-25-5-6-29(20)28-19)15-8-14(15)12-3-4-13(10-24)18(23)7-12/h3-7,9,11,14-15H,8H2,1-2H3/t14-,15+/m1/s1. The molecule has 1 fully saturated rings. The Morgan fingerprint density at radius 3 is 2.77 bits per heavy atom. The number of nitrogens with zero attached hydrogens (tertiary/aromatic N) is 6. The van der Waals surface area contributed by atoms with Crippen molar-refractivity contribution in [3.05, 3.63) is 64.6 Å². The van der Waals surface area contributed by atoms with Gasteiger partial charge in [-0.15, -0.1) is 0 Å². The number of ether oxygens (including phenoxy) is 2. The fourth-order valence-electron chi connectivity index (χ4n) is 3.89. The van der Waals surface area contributed by atoms with Crippen LogP contribution in [0.5, 0.6) is 11.9 Å². The van der Waals surface area contributed by atoms with Gasteiger partial charge < -0.3 is 9.47 Å². The van der Waals surface area contributed by atoms with E-state index in [0.29, 0.717) is 33.6 Å². The van der Waals surface area contributed by atoms with Crippen molar-refractivity contribution >= 4 is 17.2 Å². The number of fused-ring (bicyclic) bond motifs is 1. The fourth-order valence-corrected chi connectivity index (χ4v) is 4.12. The van der Waals surface area contributed by atoms with Crippen LogP contribution in [0.2, 0.25) is 5.02 Å². The van der Waals surface area contributed by atoms with Crippen molar-refractivity contribution in [2.24, 2.45) is 0 Å². The van der Waals surface area contributed by atoms with E-state index in [1.807, 2.05) is 24.4 Å². The number of imidazole rings is 1. The first-order valence-corrected chi connectivity index (χ1v) is 10.00. The number of hydrogen-bond acceptors (Lipinski definition) is 7. The summed E-state index contributed by atoms with van der Waals surface area (Å²) >= 11 is 6.25. The maximum absolute atomic E-state index is 9.12. The molecule has 0 amide bonds. The van der Waals surface area contributed by atoms with Gasteiger partial charge in [-0.3, -0.25) is 0 Å². The van der Waals surface area contributed by atoms with Crippen LogP contribution in [0.1, 0.15) is 34.9 Å². The SMILES string of the molecule is COc1ncc(-c2cc([C@H]3C[C@@H]3c3ccc(C#N)c(Cl)c3)c3nccn3n2)c(OC)n1. The third-order valence-corrected chi connectivity index (χ3v) is 5.82. The first kappa shape index (κ1) is 19.3. The number of aromatic nitrogens is 5. The molecule has 3 heterocycles. The Hall–Kier alpha value is -3.70. The zero-order valence-corrected chi connectivity index (χ0v) is 17.5. The van der Waals surface area contributed by atoms with Gasteiger partial charge in [-0.1, -0.05) is 17.7 Å². The molecule has 5 rings (SSSR count). The summed E-state index contributed by atoms with van der Waals surface area (Å²) in [5.74, 6) is 0.951. The molecule has 1 aliphatic carbocycles. The lowest BCUT2D eigenvalue weighted by Gasteiger charge is -2.11. The van der Waals surface area contributed by atoms with Crippen molar-refractivity contribution in [2.75, 3.05) is 14.2 Å². The Bertz CT molecular complexity index is 1350. The fraction of sp³-hybridized carbons (Fsp3) is 0.227. The number of methoxy groups -OCH3 is 2. The average molecular weight is 433 g/mol. The number of halogens is 1. The molecule has 0 aliphatic heterocycles. The quantitative estimate of drug-likeness (QED) is 0.470. The molecule has 3 aromatic heterocycles. The van der Waals surface area contributed by atoms with Crippen molar-refractivity contribution in [3.8, 4) is 29.2 Å². The number of rotatable bonds is 5. The predicted molar refractivity (Wildman–Crippen MR) is 113 cm³/mol. The summed E-state index contributed by atoms with van der Waals surface area (Å²) in [6.45, 7) is 0. The van der Waals surface area contributed by atoms with Crippen LogP contribution < -0.4 is 9.47 Å². The number of hydrogen-bond donors (Lipinski definition) is 0. The van der Waals surface area contributed by atoms with E-state index in [4.69, 9.17) is 26.3 Å². The molecule has 0 saturated heterocycles. The van der Waals surface area contributed by atoms with Crippen LogP contribution in [0.3, 0.4) is 0 Å². The highest BCUT2D eigenvalue weighted by Crippen LogP contribution is 2.56. The van der Waals surface area contributed by atoms with Gasteiger partial charge in [0, 0.05) is 24.2 Å². The Morgan fingerprint density at radius 2 is 2.03 bits per heavy atom. The largest absolute Gasteiger partial charge is 0.480 e. The smallest absolute Gasteiger partial charge is 0.319 e. The monoisotopic (exact) mass is 432 g/mol. The van der Waals surface area contributed by atoms with Crippen LogP contribution in [-0.4, -0.2) is 38.8 Å². The van der Waals surface area contributed by atoms with Crippen molar-refractivity contribution in [3.63, 3.8) is 0 Å². The minimum atomic E-state index is 0.226. The van der Waals surface area contributed by atoms with Gasteiger partial charge in [0.1, 0.15) is 6.07 Å². The second kappa shape index (κ2) is 7.52. The molecule has 0 radical (unpaired) electrons. The van der Waals surface area contributed by atoms with Crippen molar-refractivity contribution in [1.29, 1.82) is 5.26 Å². The second-order valence-corrected chi connectivity index (χ2v) is 7.67. The zero-order chi connectivity index (χ0) is 21.5. The minimum absolute atomic E-state index is 0.226. The molecule has 0 spiro atoms. The van der Waals surface area contributed by atoms with E-state index in [0.717, 1.165) is 23.2 Å². The first-order chi connectivity index (χ1) is 15.1. The lowest BCUT2D eigenvalue weighted by Crippen LogP contribution is -2.02. The molecule has 154 valence electrons. The molecule has 8 nitrogen and oxygen atoms in total. The molecule has 1 aliphatic rings. The highest BCUT2D eigenvalue weighted by molar-refractivity contribution is 6.31. The van der Waals surface area contributed by atoms with E-state index in [2.05, 4.69) is 26.1 Å². The van der Waals surface area contributed by atoms with Crippen molar-refractivity contribution in [2.45, 2.75) is 18.3 Å². The lowest BCUT2D eigenvalue weighted by molar-refractivity contribution is 0.353. The Morgan fingerprint density at radius 1 is 1.16 bits per heavy atom. The van der Waals surface area contributed by atoms with E-state index in [1.54, 1.807) is 30.1 Å². The van der Waals surface area contributed by atoms with Crippen LogP contribution in [0.25, 0.3) is 16.9 Å². The van der Waals surface area contributed by atoms with E-state index in [-0.39, 0.29) is 11.9 Å². The summed E-state index contributed by atoms with van der Waals surface area (Å²) in [7, 11) is 3.05. The van der Waals surface area contributed by atoms with Gasteiger partial charge in [0.15, 0.2) is 5.65 Å². The van der Waals surface area contributed by atoms with E-state index in [1.165, 1.54) is 7.11 Å². The number of benzene rings is 1. The average Bonchev–Trinajstić information content (AvgIpc) is 3.46. The van der Waals surface area contributed by atoms with Gasteiger partial charge >= 0.3 is 6.01 Å². The third kappa shape index (κ3) is 3.33. The van der Waals surface area contributed by atoms with E-state index < -0.39 is 0 Å². The summed E-state index contributed by atoms with van der Waals surface area (Å²) in [5.41, 5.74) is 4.84. The summed E-state index contributed by atoms with van der Waals surface area (Å²) < 4.78 is 12.3. The minimum Gasteiger partial charge on any atom is -0.480 e. The Balaban J connectivity index is 1.56. The summed E-state index contributed by atoms with van der Waals surface area (Å²) in [6.07, 6.45) is 6.15. The summed E-state index contributed by atoms with van der Waals surface area (Å²) in [5, 5.41) is 14.3. The highest BCUT2D eigenvalue weighted by atomic mass is 35.5. The maximum Gasteiger partial charge on any atom is 0.319 e. The van der Waals surface area contributed by atoms with Crippen LogP contribution >= 0.6 is 11.6 Å². The highest BCUT2D eigenvalue weighted by Gasteiger charge is 2.41. The van der Waals surface area contributed by atoms with Gasteiger partial charge in [-0.25, -0.2) is 14.5 Å². The molecule has 1 aromatic carbocycles. The molecular weight excluding hydrogens is 416 g/mol. The van der Waals surface area contributed by atoms with Crippen LogP contribution in [0, 0.1) is 11.3 Å². The molecular formula is C22H17ClN6O2. The molecule has 2 atom stereocenters. The molecule has 9 heteroatoms. The van der Waals surface area contributed by atoms with Crippen molar-refractivity contribution in [1.82, 2.24) is 24.6 Å². The van der Waals surface area contributed by atoms with E-state index >= 15 is 0 Å². The topological polar surface area (TPSA) is 98.2 Å². The molecule has 31 heavy (non-hydrogen) atoms. The van der Waals surface area contributed by atoms with Crippen molar-refractivity contribution < 1.29 is 9.47 Å². The van der Waals surface area contributed by atoms with Crippen LogP contribution in [0.4, 0.5) is 0 Å². The molecule has 1 saturated carbocycles. The normalized spacial score (nSPS) is 17.4. The molecule has 0 bridgehead atoms. The summed E-state index contributed by atoms with van der Waals surface area (Å²) in [6, 6.07) is 9.98. The van der Waals surface area contributed by atoms with Gasteiger partial charge in [-0.2, -0.15) is 15.3 Å². The maximum atomic E-state index is 9.12.